The first-order valence-corrected chi connectivity index (χ1v) is 6.11. The highest BCUT2D eigenvalue weighted by molar-refractivity contribution is 5.56. The third-order valence-electron chi connectivity index (χ3n) is 3.50. The Morgan fingerprint density at radius 1 is 1.33 bits per heavy atom. The van der Waals surface area contributed by atoms with Gasteiger partial charge < -0.3 is 20.4 Å². The summed E-state index contributed by atoms with van der Waals surface area (Å²) in [5.41, 5.74) is 1.30. The lowest BCUT2D eigenvalue weighted by Gasteiger charge is -2.24. The van der Waals surface area contributed by atoms with Crippen molar-refractivity contribution in [1.82, 2.24) is 5.32 Å². The molecule has 18 heavy (non-hydrogen) atoms. The number of aliphatic hydroxyl groups is 2. The van der Waals surface area contributed by atoms with Crippen LogP contribution in [0.5, 0.6) is 0 Å². The summed E-state index contributed by atoms with van der Waals surface area (Å²) >= 11 is 0. The Balaban J connectivity index is 2.36. The summed E-state index contributed by atoms with van der Waals surface area (Å²) in [6.45, 7) is 2.53. The van der Waals surface area contributed by atoms with Crippen molar-refractivity contribution in [3.05, 3.63) is 29.6 Å². The van der Waals surface area contributed by atoms with Gasteiger partial charge in [0.1, 0.15) is 5.82 Å². The first-order chi connectivity index (χ1) is 8.54. The van der Waals surface area contributed by atoms with E-state index in [9.17, 15) is 14.6 Å². The van der Waals surface area contributed by atoms with E-state index in [2.05, 4.69) is 5.32 Å². The van der Waals surface area contributed by atoms with Crippen LogP contribution in [0.1, 0.15) is 18.5 Å². The smallest absolute Gasteiger partial charge is 0.130 e. The molecule has 0 amide bonds. The van der Waals surface area contributed by atoms with Crippen molar-refractivity contribution in [1.29, 1.82) is 0 Å². The molecule has 1 aliphatic rings. The second-order valence-electron chi connectivity index (χ2n) is 4.72. The van der Waals surface area contributed by atoms with Crippen LogP contribution in [0.15, 0.2) is 18.2 Å². The molecule has 0 bridgehead atoms. The number of anilines is 1. The van der Waals surface area contributed by atoms with Crippen molar-refractivity contribution in [2.45, 2.75) is 25.2 Å². The Morgan fingerprint density at radius 3 is 2.50 bits per heavy atom. The molecule has 1 aliphatic heterocycles. The molecule has 0 saturated carbocycles. The molecule has 0 aromatic heterocycles. The van der Waals surface area contributed by atoms with Gasteiger partial charge in [-0.25, -0.2) is 4.39 Å². The molecule has 1 heterocycles. The molecule has 4 nitrogen and oxygen atoms in total. The highest BCUT2D eigenvalue weighted by atomic mass is 19.1. The maximum absolute atomic E-state index is 13.9. The van der Waals surface area contributed by atoms with E-state index in [0.29, 0.717) is 18.7 Å². The van der Waals surface area contributed by atoms with Gasteiger partial charge >= 0.3 is 0 Å². The molecular formula is C13H19FN2O2. The fourth-order valence-corrected chi connectivity index (χ4v) is 2.34. The molecule has 1 aromatic carbocycles. The van der Waals surface area contributed by atoms with E-state index in [0.717, 1.165) is 5.69 Å². The fraction of sp³-hybridized carbons (Fsp3) is 0.538. The largest absolute Gasteiger partial charge is 0.389 e. The van der Waals surface area contributed by atoms with Gasteiger partial charge in [-0.1, -0.05) is 6.07 Å². The highest BCUT2D eigenvalue weighted by Crippen LogP contribution is 2.31. The van der Waals surface area contributed by atoms with E-state index in [1.807, 2.05) is 17.9 Å². The lowest BCUT2D eigenvalue weighted by molar-refractivity contribution is 0.0572. The van der Waals surface area contributed by atoms with E-state index in [-0.39, 0.29) is 11.9 Å². The number of nitrogens with one attached hydrogen (secondary N) is 1. The molecule has 0 radical (unpaired) electrons. The molecule has 1 fully saturated rings. The summed E-state index contributed by atoms with van der Waals surface area (Å²) in [7, 11) is 1.77. The molecule has 0 spiro atoms. The lowest BCUT2D eigenvalue weighted by atomic mass is 10.0. The van der Waals surface area contributed by atoms with Crippen molar-refractivity contribution in [2.75, 3.05) is 25.0 Å². The van der Waals surface area contributed by atoms with Crippen LogP contribution in [0.2, 0.25) is 0 Å². The number of halogens is 1. The van der Waals surface area contributed by atoms with Gasteiger partial charge in [-0.05, 0) is 26.1 Å². The predicted octanol–water partition coefficient (Wildman–Crippen LogP) is 0.648. The molecule has 3 unspecified atom stereocenters. The third kappa shape index (κ3) is 2.34. The fourth-order valence-electron chi connectivity index (χ4n) is 2.34. The molecule has 3 N–H and O–H groups in total. The first-order valence-electron chi connectivity index (χ1n) is 6.11. The minimum Gasteiger partial charge on any atom is -0.389 e. The van der Waals surface area contributed by atoms with Gasteiger partial charge in [0.25, 0.3) is 0 Å². The van der Waals surface area contributed by atoms with Gasteiger partial charge in [-0.15, -0.1) is 0 Å². The zero-order valence-corrected chi connectivity index (χ0v) is 10.6. The van der Waals surface area contributed by atoms with Gasteiger partial charge in [0.2, 0.25) is 0 Å². The maximum Gasteiger partial charge on any atom is 0.130 e. The lowest BCUT2D eigenvalue weighted by Crippen LogP contribution is -2.25. The van der Waals surface area contributed by atoms with Crippen LogP contribution < -0.4 is 10.2 Å². The zero-order valence-electron chi connectivity index (χ0n) is 10.6. The Kier molecular flexibility index (Phi) is 3.85. The van der Waals surface area contributed by atoms with Crippen LogP contribution >= 0.6 is 0 Å². The van der Waals surface area contributed by atoms with Crippen molar-refractivity contribution in [2.24, 2.45) is 0 Å². The van der Waals surface area contributed by atoms with E-state index in [1.165, 1.54) is 6.07 Å². The van der Waals surface area contributed by atoms with Crippen LogP contribution in [-0.2, 0) is 0 Å². The molecule has 5 heteroatoms. The summed E-state index contributed by atoms with van der Waals surface area (Å²) < 4.78 is 13.9. The molecule has 0 aliphatic carbocycles. The Hall–Kier alpha value is -1.17. The van der Waals surface area contributed by atoms with Gasteiger partial charge in [0, 0.05) is 30.4 Å². The number of hydrogen-bond acceptors (Lipinski definition) is 4. The van der Waals surface area contributed by atoms with Crippen LogP contribution in [0.4, 0.5) is 10.1 Å². The summed E-state index contributed by atoms with van der Waals surface area (Å²) in [4.78, 5) is 1.82. The summed E-state index contributed by atoms with van der Waals surface area (Å²) in [6.07, 6.45) is -1.54. The maximum atomic E-state index is 13.9. The topological polar surface area (TPSA) is 55.7 Å². The molecule has 100 valence electrons. The molecule has 1 saturated heterocycles. The number of nitrogens with zero attached hydrogens (tertiary/aromatic N) is 1. The zero-order chi connectivity index (χ0) is 13.3. The molecule has 1 aromatic rings. The Bertz CT molecular complexity index is 417. The first kappa shape index (κ1) is 13.3. The number of aliphatic hydroxyl groups excluding tert-OH is 2. The summed E-state index contributed by atoms with van der Waals surface area (Å²) in [5.74, 6) is -0.273. The quantitative estimate of drug-likeness (QED) is 0.741. The third-order valence-corrected chi connectivity index (χ3v) is 3.50. The van der Waals surface area contributed by atoms with E-state index < -0.39 is 12.2 Å². The number of rotatable bonds is 3. The van der Waals surface area contributed by atoms with Gasteiger partial charge in [-0.2, -0.15) is 0 Å². The summed E-state index contributed by atoms with van der Waals surface area (Å²) in [5, 5.41) is 22.2. The highest BCUT2D eigenvalue weighted by Gasteiger charge is 2.31. The summed E-state index contributed by atoms with van der Waals surface area (Å²) in [6, 6.07) is 4.76. The number of benzene rings is 1. The van der Waals surface area contributed by atoms with Crippen LogP contribution in [0, 0.1) is 5.82 Å². The van der Waals surface area contributed by atoms with Crippen molar-refractivity contribution >= 4 is 5.69 Å². The van der Waals surface area contributed by atoms with Gasteiger partial charge in [0.05, 0.1) is 12.2 Å². The SMILES string of the molecule is CNC(C)c1c(F)cccc1N1CC(O)C(O)C1. The minimum absolute atomic E-state index is 0.129. The van der Waals surface area contributed by atoms with Crippen LogP contribution in [-0.4, -0.2) is 42.6 Å². The normalized spacial score (nSPS) is 25.5. The number of β-amino-alcohol motifs (C(OH)–C–C–N with tert-alkyl or cyclic N) is 2. The average Bonchev–Trinajstić information content (AvgIpc) is 2.68. The van der Waals surface area contributed by atoms with E-state index in [1.54, 1.807) is 13.1 Å². The standard InChI is InChI=1S/C13H19FN2O2/c1-8(15-2)13-9(14)4-3-5-10(13)16-6-11(17)12(18)7-16/h3-5,8,11-12,15,17-18H,6-7H2,1-2H3. The van der Waals surface area contributed by atoms with Gasteiger partial charge in [-0.3, -0.25) is 0 Å². The van der Waals surface area contributed by atoms with Crippen LogP contribution in [0.25, 0.3) is 0 Å². The van der Waals surface area contributed by atoms with E-state index >= 15 is 0 Å². The Labute approximate surface area is 106 Å². The second-order valence-corrected chi connectivity index (χ2v) is 4.72. The second kappa shape index (κ2) is 5.22. The van der Waals surface area contributed by atoms with Crippen molar-refractivity contribution in [3.63, 3.8) is 0 Å². The van der Waals surface area contributed by atoms with E-state index in [4.69, 9.17) is 0 Å². The van der Waals surface area contributed by atoms with Crippen molar-refractivity contribution in [3.8, 4) is 0 Å². The van der Waals surface area contributed by atoms with Crippen LogP contribution in [0.3, 0.4) is 0 Å². The predicted molar refractivity (Wildman–Crippen MR) is 68.1 cm³/mol. The average molecular weight is 254 g/mol. The molecule has 3 atom stereocenters. The number of hydrogen-bond donors (Lipinski definition) is 3. The van der Waals surface area contributed by atoms with Gasteiger partial charge in [0.15, 0.2) is 0 Å². The van der Waals surface area contributed by atoms with Crippen molar-refractivity contribution < 1.29 is 14.6 Å². The Morgan fingerprint density at radius 2 is 1.94 bits per heavy atom. The monoisotopic (exact) mass is 254 g/mol. The molecular weight excluding hydrogens is 235 g/mol. The minimum atomic E-state index is -0.772. The molecule has 2 rings (SSSR count).